The molecule has 0 spiro atoms. The van der Waals surface area contributed by atoms with Crippen LogP contribution in [0, 0.1) is 18.4 Å². The van der Waals surface area contributed by atoms with Crippen LogP contribution in [0.4, 0.5) is 0 Å². The van der Waals surface area contributed by atoms with Gasteiger partial charge in [0.05, 0.1) is 24.0 Å². The van der Waals surface area contributed by atoms with Gasteiger partial charge in [0.15, 0.2) is 5.78 Å². The van der Waals surface area contributed by atoms with E-state index in [1.807, 2.05) is 19.1 Å². The van der Waals surface area contributed by atoms with Gasteiger partial charge in [-0.3, -0.25) is 4.68 Å². The highest BCUT2D eigenvalue weighted by atomic mass is 16.5. The van der Waals surface area contributed by atoms with E-state index >= 15 is 0 Å². The predicted molar refractivity (Wildman–Crippen MR) is 115 cm³/mol. The predicted octanol–water partition coefficient (Wildman–Crippen LogP) is 4.74. The zero-order valence-electron chi connectivity index (χ0n) is 17.6. The number of allylic oxidation sites excluding steroid dienone is 2. The van der Waals surface area contributed by atoms with Crippen LogP contribution in [0.25, 0.3) is 16.1 Å². The number of Topliss-reactive ketones (excluding diaryl/α,β-unsaturated/α-hetero) is 1. The molecule has 1 aliphatic heterocycles. The number of ketones is 1. The summed E-state index contributed by atoms with van der Waals surface area (Å²) in [6.45, 7) is 13.3. The minimum absolute atomic E-state index is 0.00339. The van der Waals surface area contributed by atoms with E-state index in [1.54, 1.807) is 0 Å². The van der Waals surface area contributed by atoms with Crippen LogP contribution in [0.3, 0.4) is 0 Å². The van der Waals surface area contributed by atoms with Gasteiger partial charge in [-0.05, 0) is 31.6 Å². The molecular formula is C25H27N3O2. The molecule has 3 aliphatic rings. The van der Waals surface area contributed by atoms with Crippen LogP contribution in [0.2, 0.25) is 0 Å². The molecule has 1 saturated heterocycles. The average Bonchev–Trinajstić information content (AvgIpc) is 3.19. The standard InChI is InChI=1S/C25H27N3O2/c1-16-20-10-9-19-22(17-7-5-4-6-8-17)27-28(18-11-13-30-14-12-18)24(19)25(20,2)15-21(26-3)23(16)29/h4-8,15-16,18,20H,9-14H2,1-2H3/t16-,20-,25-/m1/s1. The van der Waals surface area contributed by atoms with Crippen molar-refractivity contribution in [3.05, 3.63) is 64.8 Å². The molecule has 30 heavy (non-hydrogen) atoms. The molecule has 2 heterocycles. The van der Waals surface area contributed by atoms with E-state index in [9.17, 15) is 4.79 Å². The highest BCUT2D eigenvalue weighted by Crippen LogP contribution is 2.52. The van der Waals surface area contributed by atoms with Gasteiger partial charge in [-0.25, -0.2) is 4.85 Å². The molecular weight excluding hydrogens is 374 g/mol. The van der Waals surface area contributed by atoms with Gasteiger partial charge in [0.25, 0.3) is 0 Å². The maximum Gasteiger partial charge on any atom is 0.226 e. The van der Waals surface area contributed by atoms with Gasteiger partial charge in [0.2, 0.25) is 5.70 Å². The van der Waals surface area contributed by atoms with Crippen LogP contribution in [-0.2, 0) is 21.4 Å². The third-order valence-electron chi connectivity index (χ3n) is 7.40. The molecule has 1 aromatic carbocycles. The van der Waals surface area contributed by atoms with Crippen molar-refractivity contribution in [2.45, 2.75) is 51.0 Å². The van der Waals surface area contributed by atoms with Crippen LogP contribution in [0.15, 0.2) is 42.1 Å². The Kier molecular flexibility index (Phi) is 4.63. The molecule has 1 aromatic heterocycles. The number of benzene rings is 1. The van der Waals surface area contributed by atoms with Crippen molar-refractivity contribution in [3.63, 3.8) is 0 Å². The maximum atomic E-state index is 12.8. The smallest absolute Gasteiger partial charge is 0.226 e. The van der Waals surface area contributed by atoms with Gasteiger partial charge in [0.1, 0.15) is 0 Å². The lowest BCUT2D eigenvalue weighted by molar-refractivity contribution is -0.121. The lowest BCUT2D eigenvalue weighted by Gasteiger charge is -2.46. The summed E-state index contributed by atoms with van der Waals surface area (Å²) >= 11 is 0. The Morgan fingerprint density at radius 2 is 1.93 bits per heavy atom. The number of aromatic nitrogens is 2. The van der Waals surface area contributed by atoms with E-state index in [4.69, 9.17) is 16.4 Å². The summed E-state index contributed by atoms with van der Waals surface area (Å²) < 4.78 is 7.86. The Balaban J connectivity index is 1.75. The van der Waals surface area contributed by atoms with Gasteiger partial charge >= 0.3 is 0 Å². The van der Waals surface area contributed by atoms with Crippen LogP contribution >= 0.6 is 0 Å². The van der Waals surface area contributed by atoms with Crippen LogP contribution < -0.4 is 0 Å². The van der Waals surface area contributed by atoms with E-state index in [-0.39, 0.29) is 28.7 Å². The number of nitrogens with zero attached hydrogens (tertiary/aromatic N) is 3. The van der Waals surface area contributed by atoms with E-state index in [0.717, 1.165) is 50.2 Å². The van der Waals surface area contributed by atoms with Crippen molar-refractivity contribution < 1.29 is 9.53 Å². The molecule has 0 bridgehead atoms. The molecule has 3 atom stereocenters. The molecule has 0 N–H and O–H groups in total. The normalized spacial score (nSPS) is 29.0. The average molecular weight is 402 g/mol. The zero-order chi connectivity index (χ0) is 20.9. The number of fused-ring (bicyclic) bond motifs is 3. The highest BCUT2D eigenvalue weighted by Gasteiger charge is 2.51. The maximum absolute atomic E-state index is 12.8. The summed E-state index contributed by atoms with van der Waals surface area (Å²) in [4.78, 5) is 16.4. The number of carbonyl (C=O) groups is 1. The van der Waals surface area contributed by atoms with Crippen molar-refractivity contribution in [2.24, 2.45) is 11.8 Å². The monoisotopic (exact) mass is 401 g/mol. The number of hydrogen-bond acceptors (Lipinski definition) is 3. The zero-order valence-corrected chi connectivity index (χ0v) is 17.6. The van der Waals surface area contributed by atoms with Gasteiger partial charge in [0, 0.05) is 35.7 Å². The minimum atomic E-state index is -0.362. The van der Waals surface area contributed by atoms with E-state index in [2.05, 4.69) is 40.7 Å². The molecule has 2 aromatic rings. The first-order valence-electron chi connectivity index (χ1n) is 10.9. The summed E-state index contributed by atoms with van der Waals surface area (Å²) in [5.41, 5.74) is 4.61. The first-order chi connectivity index (χ1) is 14.5. The first-order valence-corrected chi connectivity index (χ1v) is 10.9. The van der Waals surface area contributed by atoms with Crippen molar-refractivity contribution >= 4 is 5.78 Å². The molecule has 0 amide bonds. The highest BCUT2D eigenvalue weighted by molar-refractivity contribution is 6.00. The molecule has 0 saturated carbocycles. The number of hydrogen-bond donors (Lipinski definition) is 0. The molecule has 5 nitrogen and oxygen atoms in total. The summed E-state index contributed by atoms with van der Waals surface area (Å²) in [5.74, 6) is 0.0497. The first kappa shape index (κ1) is 19.3. The molecule has 1 fully saturated rings. The number of ether oxygens (including phenoxy) is 1. The fraction of sp³-hybridized carbons (Fsp3) is 0.480. The SMILES string of the molecule is [C-]#[N+]C1=C[C@@]2(C)c3c(c(-c4ccccc4)nn3C3CCOCC3)CC[C@@H]2[C@@H](C)C1=O. The molecule has 5 rings (SSSR count). The lowest BCUT2D eigenvalue weighted by Crippen LogP contribution is -2.46. The van der Waals surface area contributed by atoms with Crippen molar-refractivity contribution in [3.8, 4) is 11.3 Å². The van der Waals surface area contributed by atoms with Crippen molar-refractivity contribution in [2.75, 3.05) is 13.2 Å². The minimum Gasteiger partial charge on any atom is -0.381 e. The quantitative estimate of drug-likeness (QED) is 0.683. The molecule has 5 heteroatoms. The van der Waals surface area contributed by atoms with Gasteiger partial charge in [-0.2, -0.15) is 5.10 Å². The molecule has 154 valence electrons. The second-order valence-electron chi connectivity index (χ2n) is 9.05. The third-order valence-corrected chi connectivity index (χ3v) is 7.40. The summed E-state index contributed by atoms with van der Waals surface area (Å²) in [5, 5.41) is 5.19. The second kappa shape index (κ2) is 7.21. The van der Waals surface area contributed by atoms with Gasteiger partial charge in [-0.15, -0.1) is 0 Å². The number of rotatable bonds is 2. The van der Waals surface area contributed by atoms with Gasteiger partial charge in [-0.1, -0.05) is 50.3 Å². The molecule has 0 unspecified atom stereocenters. The fourth-order valence-corrected chi connectivity index (χ4v) is 5.88. The topological polar surface area (TPSA) is 48.5 Å². The largest absolute Gasteiger partial charge is 0.381 e. The van der Waals surface area contributed by atoms with E-state index in [0.29, 0.717) is 6.04 Å². The Hall–Kier alpha value is -2.71. The summed E-state index contributed by atoms with van der Waals surface area (Å²) in [6, 6.07) is 10.7. The Morgan fingerprint density at radius 1 is 1.20 bits per heavy atom. The lowest BCUT2D eigenvalue weighted by atomic mass is 9.58. The summed E-state index contributed by atoms with van der Waals surface area (Å²) in [7, 11) is 0. The van der Waals surface area contributed by atoms with E-state index < -0.39 is 0 Å². The Labute approximate surface area is 177 Å². The van der Waals surface area contributed by atoms with Crippen LogP contribution in [0.5, 0.6) is 0 Å². The van der Waals surface area contributed by atoms with Crippen LogP contribution in [0.1, 0.15) is 50.4 Å². The van der Waals surface area contributed by atoms with Crippen molar-refractivity contribution in [1.29, 1.82) is 0 Å². The summed E-state index contributed by atoms with van der Waals surface area (Å²) in [6.07, 6.45) is 5.70. The van der Waals surface area contributed by atoms with Crippen LogP contribution in [-0.4, -0.2) is 28.8 Å². The Morgan fingerprint density at radius 3 is 2.63 bits per heavy atom. The van der Waals surface area contributed by atoms with Crippen molar-refractivity contribution in [1.82, 2.24) is 9.78 Å². The Bertz CT molecular complexity index is 1060. The number of carbonyl (C=O) groups excluding carboxylic acids is 1. The fourth-order valence-electron chi connectivity index (χ4n) is 5.88. The second-order valence-corrected chi connectivity index (χ2v) is 9.05. The molecule has 2 aliphatic carbocycles. The van der Waals surface area contributed by atoms with Gasteiger partial charge < -0.3 is 9.53 Å². The van der Waals surface area contributed by atoms with E-state index in [1.165, 1.54) is 11.3 Å². The third kappa shape index (κ3) is 2.78. The molecule has 0 radical (unpaired) electrons.